The lowest BCUT2D eigenvalue weighted by Gasteiger charge is -2.12. The van der Waals surface area contributed by atoms with Crippen molar-refractivity contribution in [3.8, 4) is 0 Å². The van der Waals surface area contributed by atoms with Crippen molar-refractivity contribution in [2.75, 3.05) is 11.9 Å². The highest BCUT2D eigenvalue weighted by molar-refractivity contribution is 7.92. The van der Waals surface area contributed by atoms with Crippen molar-refractivity contribution < 1.29 is 21.6 Å². The maximum Gasteiger partial charge on any atom is 0.501 e. The van der Waals surface area contributed by atoms with Crippen LogP contribution in [0.1, 0.15) is 20.3 Å². The molecule has 1 N–H and O–H groups in total. The third kappa shape index (κ3) is 3.86. The molecule has 0 heterocycles. The zero-order valence-corrected chi connectivity index (χ0v) is 11.5. The molecule has 7 heteroatoms. The second-order valence-electron chi connectivity index (χ2n) is 4.37. The molecule has 3 nitrogen and oxygen atoms in total. The molecule has 0 aliphatic rings. The number of benzene rings is 1. The van der Waals surface area contributed by atoms with E-state index in [1.54, 1.807) is 0 Å². The number of rotatable bonds is 5. The second-order valence-corrected chi connectivity index (χ2v) is 6.31. The number of alkyl halides is 3. The smallest absolute Gasteiger partial charge is 0.385 e. The highest BCUT2D eigenvalue weighted by Crippen LogP contribution is 2.30. The molecule has 0 bridgehead atoms. The van der Waals surface area contributed by atoms with Crippen molar-refractivity contribution in [3.63, 3.8) is 0 Å². The van der Waals surface area contributed by atoms with Gasteiger partial charge in [-0.3, -0.25) is 0 Å². The number of nitrogens with one attached hydrogen (secondary N) is 1. The van der Waals surface area contributed by atoms with Crippen LogP contribution >= 0.6 is 0 Å². The van der Waals surface area contributed by atoms with Crippen molar-refractivity contribution in [2.45, 2.75) is 30.7 Å². The van der Waals surface area contributed by atoms with Gasteiger partial charge in [0.1, 0.15) is 0 Å². The standard InChI is InChI=1S/C12H16F3NO2S/c1-3-9(2)8-16-10-4-6-11(7-5-10)19(17,18)12(13,14)15/h4-7,9,16H,3,8H2,1-2H3. The van der Waals surface area contributed by atoms with Crippen molar-refractivity contribution in [1.29, 1.82) is 0 Å². The molecule has 0 amide bonds. The highest BCUT2D eigenvalue weighted by Gasteiger charge is 2.46. The molecular weight excluding hydrogens is 279 g/mol. The first-order valence-corrected chi connectivity index (χ1v) is 7.32. The fraction of sp³-hybridized carbons (Fsp3) is 0.500. The Morgan fingerprint density at radius 2 is 1.74 bits per heavy atom. The summed E-state index contributed by atoms with van der Waals surface area (Å²) in [6.07, 6.45) is 0.980. The Hall–Kier alpha value is -1.24. The summed E-state index contributed by atoms with van der Waals surface area (Å²) in [5.74, 6) is 0.429. The van der Waals surface area contributed by atoms with Gasteiger partial charge in [0.2, 0.25) is 0 Å². The molecule has 0 spiro atoms. The van der Waals surface area contributed by atoms with E-state index < -0.39 is 20.2 Å². The second kappa shape index (κ2) is 5.81. The van der Waals surface area contributed by atoms with Gasteiger partial charge < -0.3 is 5.32 Å². The van der Waals surface area contributed by atoms with Gasteiger partial charge in [0.15, 0.2) is 0 Å². The number of halogens is 3. The molecule has 108 valence electrons. The van der Waals surface area contributed by atoms with E-state index in [2.05, 4.69) is 5.32 Å². The summed E-state index contributed by atoms with van der Waals surface area (Å²) in [4.78, 5) is -0.742. The molecule has 0 saturated heterocycles. The summed E-state index contributed by atoms with van der Waals surface area (Å²) in [6, 6.07) is 4.59. The van der Waals surface area contributed by atoms with Gasteiger partial charge in [-0.1, -0.05) is 20.3 Å². The predicted molar refractivity (Wildman–Crippen MR) is 67.6 cm³/mol. The van der Waals surface area contributed by atoms with Crippen LogP contribution in [0.15, 0.2) is 29.2 Å². The Kier molecular flexibility index (Phi) is 4.84. The first-order valence-electron chi connectivity index (χ1n) is 5.83. The third-order valence-corrected chi connectivity index (χ3v) is 4.32. The average Bonchev–Trinajstić information content (AvgIpc) is 2.35. The molecular formula is C12H16F3NO2S. The molecule has 1 aromatic carbocycles. The SMILES string of the molecule is CCC(C)CNc1ccc(S(=O)(=O)C(F)(F)F)cc1. The van der Waals surface area contributed by atoms with E-state index >= 15 is 0 Å². The van der Waals surface area contributed by atoms with Gasteiger partial charge in [-0.2, -0.15) is 13.2 Å². The van der Waals surface area contributed by atoms with Crippen LogP contribution in [-0.2, 0) is 9.84 Å². The number of hydrogen-bond acceptors (Lipinski definition) is 3. The largest absolute Gasteiger partial charge is 0.501 e. The van der Waals surface area contributed by atoms with E-state index in [0.717, 1.165) is 18.6 Å². The normalized spacial score (nSPS) is 14.2. The van der Waals surface area contributed by atoms with Crippen LogP contribution in [0, 0.1) is 5.92 Å². The summed E-state index contributed by atoms with van der Waals surface area (Å²) >= 11 is 0. The monoisotopic (exact) mass is 295 g/mol. The number of hydrogen-bond donors (Lipinski definition) is 1. The zero-order valence-electron chi connectivity index (χ0n) is 10.7. The van der Waals surface area contributed by atoms with Crippen LogP contribution < -0.4 is 5.32 Å². The molecule has 0 aromatic heterocycles. The quantitative estimate of drug-likeness (QED) is 0.905. The summed E-state index contributed by atoms with van der Waals surface area (Å²) in [6.45, 7) is 4.75. The van der Waals surface area contributed by atoms with Crippen molar-refractivity contribution in [3.05, 3.63) is 24.3 Å². The van der Waals surface area contributed by atoms with Crippen LogP contribution in [0.3, 0.4) is 0 Å². The van der Waals surface area contributed by atoms with E-state index in [1.165, 1.54) is 12.1 Å². The minimum absolute atomic E-state index is 0.429. The van der Waals surface area contributed by atoms with E-state index in [0.29, 0.717) is 18.2 Å². The van der Waals surface area contributed by atoms with Crippen molar-refractivity contribution >= 4 is 15.5 Å². The lowest BCUT2D eigenvalue weighted by atomic mass is 10.1. The Balaban J connectivity index is 2.83. The number of anilines is 1. The molecule has 0 aliphatic heterocycles. The van der Waals surface area contributed by atoms with Crippen molar-refractivity contribution in [2.24, 2.45) is 5.92 Å². The molecule has 19 heavy (non-hydrogen) atoms. The molecule has 1 rings (SSSR count). The Bertz CT molecular complexity index is 509. The van der Waals surface area contributed by atoms with Gasteiger partial charge in [0.25, 0.3) is 9.84 Å². The first-order chi connectivity index (χ1) is 8.68. The Morgan fingerprint density at radius 3 is 2.16 bits per heavy atom. The molecule has 1 unspecified atom stereocenters. The molecule has 0 fully saturated rings. The van der Waals surface area contributed by atoms with Crippen LogP contribution in [-0.4, -0.2) is 20.5 Å². The summed E-state index contributed by atoms with van der Waals surface area (Å²) < 4.78 is 59.2. The number of sulfone groups is 1. The minimum atomic E-state index is -5.27. The lowest BCUT2D eigenvalue weighted by Crippen LogP contribution is -2.23. The molecule has 0 saturated carbocycles. The maximum atomic E-state index is 12.3. The maximum absolute atomic E-state index is 12.3. The predicted octanol–water partition coefficient (Wildman–Crippen LogP) is 3.44. The lowest BCUT2D eigenvalue weighted by molar-refractivity contribution is -0.0436. The van der Waals surface area contributed by atoms with E-state index in [1.807, 2.05) is 13.8 Å². The van der Waals surface area contributed by atoms with Crippen LogP contribution in [0.4, 0.5) is 18.9 Å². The van der Waals surface area contributed by atoms with Crippen LogP contribution in [0.5, 0.6) is 0 Å². The summed E-state index contributed by atoms with van der Waals surface area (Å²) in [7, 11) is -5.26. The van der Waals surface area contributed by atoms with Gasteiger partial charge in [-0.05, 0) is 30.2 Å². The molecule has 0 radical (unpaired) electrons. The molecule has 1 aromatic rings. The van der Waals surface area contributed by atoms with Crippen LogP contribution in [0.2, 0.25) is 0 Å². The minimum Gasteiger partial charge on any atom is -0.385 e. The van der Waals surface area contributed by atoms with Crippen molar-refractivity contribution in [1.82, 2.24) is 0 Å². The van der Waals surface area contributed by atoms with E-state index in [-0.39, 0.29) is 0 Å². The van der Waals surface area contributed by atoms with Gasteiger partial charge >= 0.3 is 5.51 Å². The van der Waals surface area contributed by atoms with Crippen LogP contribution in [0.25, 0.3) is 0 Å². The van der Waals surface area contributed by atoms with Gasteiger partial charge in [-0.25, -0.2) is 8.42 Å². The highest BCUT2D eigenvalue weighted by atomic mass is 32.2. The fourth-order valence-corrected chi connectivity index (χ4v) is 2.08. The summed E-state index contributed by atoms with van der Waals surface area (Å²) in [5.41, 5.74) is -4.67. The third-order valence-electron chi connectivity index (χ3n) is 2.82. The molecule has 1 atom stereocenters. The fourth-order valence-electron chi connectivity index (χ4n) is 1.32. The first kappa shape index (κ1) is 15.8. The van der Waals surface area contributed by atoms with E-state index in [4.69, 9.17) is 0 Å². The Labute approximate surface area is 110 Å². The summed E-state index contributed by atoms with van der Waals surface area (Å²) in [5, 5.41) is 3.04. The van der Waals surface area contributed by atoms with Gasteiger partial charge in [-0.15, -0.1) is 0 Å². The zero-order chi connectivity index (χ0) is 14.7. The van der Waals surface area contributed by atoms with Gasteiger partial charge in [0, 0.05) is 12.2 Å². The Morgan fingerprint density at radius 1 is 1.21 bits per heavy atom. The molecule has 0 aliphatic carbocycles. The van der Waals surface area contributed by atoms with Gasteiger partial charge in [0.05, 0.1) is 4.90 Å². The topological polar surface area (TPSA) is 46.2 Å². The average molecular weight is 295 g/mol. The van der Waals surface area contributed by atoms with E-state index in [9.17, 15) is 21.6 Å².